The third-order valence-electron chi connectivity index (χ3n) is 9.45. The van der Waals surface area contributed by atoms with Crippen molar-refractivity contribution in [3.05, 3.63) is 82.8 Å². The topological polar surface area (TPSA) is 0 Å². The van der Waals surface area contributed by atoms with Crippen molar-refractivity contribution >= 4 is 0 Å². The summed E-state index contributed by atoms with van der Waals surface area (Å²) in [4.78, 5) is 0. The SMILES string of the molecule is C[C-]1C2=C3Cc4ccccc4C3C3CCCCC3C2CC(C)C1(C)C.[Cl-].[Cl-].[Hf+4].c1cc[cH-]c1. The third-order valence-corrected chi connectivity index (χ3v) is 9.45. The zero-order valence-corrected chi connectivity index (χ0v) is 25.7. The van der Waals surface area contributed by atoms with E-state index in [4.69, 9.17) is 0 Å². The van der Waals surface area contributed by atoms with E-state index in [1.54, 1.807) is 17.0 Å². The number of hydrogen-bond donors (Lipinski definition) is 0. The molecule has 0 aromatic heterocycles. The zero-order chi connectivity index (χ0) is 20.9. The van der Waals surface area contributed by atoms with Crippen molar-refractivity contribution in [2.24, 2.45) is 29.1 Å². The van der Waals surface area contributed by atoms with E-state index in [0.717, 1.165) is 29.6 Å². The molecule has 2 fully saturated rings. The molecule has 4 aliphatic rings. The van der Waals surface area contributed by atoms with Gasteiger partial charge in [-0.3, -0.25) is 0 Å². The largest absolute Gasteiger partial charge is 4.00 e. The van der Waals surface area contributed by atoms with Crippen molar-refractivity contribution < 1.29 is 50.7 Å². The number of halogens is 2. The second kappa shape index (κ2) is 11.6. The second-order valence-electron chi connectivity index (χ2n) is 11.0. The Kier molecular flexibility index (Phi) is 10.1. The van der Waals surface area contributed by atoms with Gasteiger partial charge < -0.3 is 24.8 Å². The summed E-state index contributed by atoms with van der Waals surface area (Å²) >= 11 is 0. The van der Waals surface area contributed by atoms with E-state index in [1.807, 2.05) is 41.5 Å². The van der Waals surface area contributed by atoms with Crippen LogP contribution >= 0.6 is 0 Å². The van der Waals surface area contributed by atoms with E-state index < -0.39 is 0 Å². The first-order valence-corrected chi connectivity index (χ1v) is 12.3. The van der Waals surface area contributed by atoms with Gasteiger partial charge in [-0.15, -0.1) is 6.92 Å². The summed E-state index contributed by atoms with van der Waals surface area (Å²) in [6.45, 7) is 9.99. The molecule has 0 bridgehead atoms. The van der Waals surface area contributed by atoms with Gasteiger partial charge in [-0.1, -0.05) is 99.1 Å². The van der Waals surface area contributed by atoms with E-state index in [-0.39, 0.29) is 50.7 Å². The molecule has 5 atom stereocenters. The quantitative estimate of drug-likeness (QED) is 0.304. The Morgan fingerprint density at radius 3 is 2.21 bits per heavy atom. The summed E-state index contributed by atoms with van der Waals surface area (Å²) in [7, 11) is 0. The molecule has 5 unspecified atom stereocenters. The van der Waals surface area contributed by atoms with Crippen LogP contribution < -0.4 is 24.8 Å². The Hall–Kier alpha value is -0.370. The Balaban J connectivity index is 0.000000431. The summed E-state index contributed by atoms with van der Waals surface area (Å²) in [5, 5.41) is 0. The van der Waals surface area contributed by atoms with Crippen LogP contribution in [0.5, 0.6) is 0 Å². The normalized spacial score (nSPS) is 30.5. The van der Waals surface area contributed by atoms with E-state index in [0.29, 0.717) is 5.41 Å². The molecular weight excluding hydrogens is 610 g/mol. The van der Waals surface area contributed by atoms with Crippen LogP contribution in [0.3, 0.4) is 0 Å². The Bertz CT molecular complexity index is 896. The fraction of sp³-hybridized carbons (Fsp3) is 0.533. The van der Waals surface area contributed by atoms with Crippen LogP contribution in [0.25, 0.3) is 0 Å². The molecule has 2 aromatic rings. The van der Waals surface area contributed by atoms with Crippen LogP contribution in [0.4, 0.5) is 0 Å². The fourth-order valence-corrected chi connectivity index (χ4v) is 7.33. The predicted molar refractivity (Wildman–Crippen MR) is 127 cm³/mol. The van der Waals surface area contributed by atoms with Gasteiger partial charge in [-0.05, 0) is 30.6 Å². The predicted octanol–water partition coefficient (Wildman–Crippen LogP) is 2.13. The third kappa shape index (κ3) is 4.99. The van der Waals surface area contributed by atoms with Crippen molar-refractivity contribution in [1.82, 2.24) is 0 Å². The van der Waals surface area contributed by atoms with Crippen molar-refractivity contribution in [3.63, 3.8) is 0 Å². The number of rotatable bonds is 0. The Morgan fingerprint density at radius 1 is 0.939 bits per heavy atom. The first-order valence-electron chi connectivity index (χ1n) is 12.3. The minimum absolute atomic E-state index is 0. The van der Waals surface area contributed by atoms with Gasteiger partial charge in [0.05, 0.1) is 0 Å². The van der Waals surface area contributed by atoms with Crippen LogP contribution in [-0.2, 0) is 32.3 Å². The van der Waals surface area contributed by atoms with Crippen LogP contribution in [0, 0.1) is 35.0 Å². The van der Waals surface area contributed by atoms with Gasteiger partial charge in [-0.2, -0.15) is 18.2 Å². The molecule has 3 heteroatoms. The van der Waals surface area contributed by atoms with Crippen LogP contribution in [0.15, 0.2) is 65.7 Å². The average molecular weight is 648 g/mol. The van der Waals surface area contributed by atoms with Gasteiger partial charge in [0.2, 0.25) is 0 Å². The summed E-state index contributed by atoms with van der Waals surface area (Å²) in [5.74, 6) is 6.00. The summed E-state index contributed by atoms with van der Waals surface area (Å²) in [5.41, 5.74) is 7.35. The van der Waals surface area contributed by atoms with Crippen molar-refractivity contribution in [2.45, 2.75) is 72.1 Å². The first kappa shape index (κ1) is 28.9. The molecule has 0 N–H and O–H groups in total. The minimum Gasteiger partial charge on any atom is -1.00 e. The number of hydrogen-bond acceptors (Lipinski definition) is 0. The second-order valence-corrected chi connectivity index (χ2v) is 11.0. The molecule has 0 spiro atoms. The van der Waals surface area contributed by atoms with E-state index in [9.17, 15) is 0 Å². The zero-order valence-electron chi connectivity index (χ0n) is 20.6. The van der Waals surface area contributed by atoms with Gasteiger partial charge in [0.25, 0.3) is 0 Å². The molecule has 0 heterocycles. The van der Waals surface area contributed by atoms with Crippen molar-refractivity contribution in [2.75, 3.05) is 0 Å². The summed E-state index contributed by atoms with van der Waals surface area (Å²) in [6.07, 6.45) is 8.52. The van der Waals surface area contributed by atoms with Gasteiger partial charge in [0, 0.05) is 0 Å². The molecule has 2 aromatic carbocycles. The monoisotopic (exact) mass is 648 g/mol. The van der Waals surface area contributed by atoms with Crippen LogP contribution in [0.1, 0.15) is 76.8 Å². The first-order chi connectivity index (χ1) is 14.5. The van der Waals surface area contributed by atoms with Crippen molar-refractivity contribution in [1.29, 1.82) is 0 Å². The smallest absolute Gasteiger partial charge is 1.00 e. The van der Waals surface area contributed by atoms with Crippen LogP contribution in [-0.4, -0.2) is 0 Å². The van der Waals surface area contributed by atoms with Crippen molar-refractivity contribution in [3.8, 4) is 0 Å². The molecule has 33 heavy (non-hydrogen) atoms. The summed E-state index contributed by atoms with van der Waals surface area (Å²) < 4.78 is 0. The van der Waals surface area contributed by atoms with E-state index in [1.165, 1.54) is 38.5 Å². The Labute approximate surface area is 233 Å². The molecule has 0 radical (unpaired) electrons. The Morgan fingerprint density at radius 2 is 1.58 bits per heavy atom. The fourth-order valence-electron chi connectivity index (χ4n) is 7.33. The van der Waals surface area contributed by atoms with Gasteiger partial charge in [-0.25, -0.2) is 29.2 Å². The molecule has 0 amide bonds. The molecule has 2 saturated carbocycles. The van der Waals surface area contributed by atoms with E-state index in [2.05, 4.69) is 52.0 Å². The van der Waals surface area contributed by atoms with Gasteiger partial charge in [0.1, 0.15) is 0 Å². The summed E-state index contributed by atoms with van der Waals surface area (Å²) in [6, 6.07) is 19.4. The number of allylic oxidation sites excluding steroid dienone is 2. The minimum atomic E-state index is 0. The van der Waals surface area contributed by atoms with Gasteiger partial charge in [0.15, 0.2) is 0 Å². The molecule has 6 rings (SSSR count). The maximum absolute atomic E-state index is 2.51. The molecule has 0 nitrogen and oxygen atoms in total. The van der Waals surface area contributed by atoms with Crippen LogP contribution in [0.2, 0.25) is 0 Å². The molecule has 0 saturated heterocycles. The standard InChI is InChI=1S/C25H33.C5H5.2ClH.Hf/c1-15-13-21-19-11-7-8-12-20(19)24-18-10-6-5-9-17(18)14-22(24)23(21)16(2)25(15,3)4;1-2-4-5-3-1;;;/h5-6,9-10,15,19-21,24H,7-8,11-14H2,1-4H3;1-5H;2*1H;/q2*-1;;;+4/p-2. The molecule has 176 valence electrons. The molecular formula is C30H38Cl2Hf. The number of benzene rings is 1. The molecule has 0 aliphatic heterocycles. The van der Waals surface area contributed by atoms with Gasteiger partial charge >= 0.3 is 25.8 Å². The number of fused-ring (bicyclic) bond motifs is 7. The maximum Gasteiger partial charge on any atom is 4.00 e. The average Bonchev–Trinajstić information content (AvgIpc) is 3.44. The molecule has 4 aliphatic carbocycles. The van der Waals surface area contributed by atoms with E-state index >= 15 is 0 Å². The maximum atomic E-state index is 2.51.